The second-order valence-corrected chi connectivity index (χ2v) is 8.40. The molecule has 9 nitrogen and oxygen atoms in total. The fourth-order valence-corrected chi connectivity index (χ4v) is 4.17. The van der Waals surface area contributed by atoms with Gasteiger partial charge in [-0.05, 0) is 54.5 Å². The molecule has 0 amide bonds. The summed E-state index contributed by atoms with van der Waals surface area (Å²) in [4.78, 5) is 26.2. The van der Waals surface area contributed by atoms with Gasteiger partial charge < -0.3 is 26.8 Å². The molecular weight excluding hydrogens is 406 g/mol. The molecule has 0 bridgehead atoms. The van der Waals surface area contributed by atoms with Gasteiger partial charge in [0.2, 0.25) is 17.8 Å². The molecule has 1 saturated heterocycles. The number of anilines is 3. The molecule has 3 aromatic rings. The summed E-state index contributed by atoms with van der Waals surface area (Å²) in [6.07, 6.45) is 2.16. The number of carbonyl (C=O) groups is 1. The molecule has 168 valence electrons. The number of nitrogen functional groups attached to an aromatic ring is 1. The fraction of sp³-hybridized carbons (Fsp3) is 0.391. The molecule has 32 heavy (non-hydrogen) atoms. The van der Waals surface area contributed by atoms with E-state index in [-0.39, 0.29) is 17.9 Å². The van der Waals surface area contributed by atoms with Crippen LogP contribution in [0.2, 0.25) is 0 Å². The summed E-state index contributed by atoms with van der Waals surface area (Å²) < 4.78 is 0. The van der Waals surface area contributed by atoms with Crippen LogP contribution in [-0.4, -0.2) is 45.2 Å². The second-order valence-electron chi connectivity index (χ2n) is 8.40. The Labute approximate surface area is 186 Å². The van der Waals surface area contributed by atoms with E-state index in [1.807, 2.05) is 12.1 Å². The molecule has 1 aliphatic rings. The van der Waals surface area contributed by atoms with Gasteiger partial charge in [0.1, 0.15) is 6.04 Å². The van der Waals surface area contributed by atoms with Crippen LogP contribution in [0, 0.1) is 5.92 Å². The SMILES string of the molecule is CC(Nc1nc(N)nc(N2CCC(CC(N)C(=O)O)CC2)n1)c1ccc2ccccc2c1. The first-order valence-electron chi connectivity index (χ1n) is 10.9. The van der Waals surface area contributed by atoms with E-state index in [0.717, 1.165) is 31.5 Å². The number of benzene rings is 2. The Morgan fingerprint density at radius 2 is 1.88 bits per heavy atom. The number of aromatic nitrogens is 3. The van der Waals surface area contributed by atoms with Crippen LogP contribution in [0.15, 0.2) is 42.5 Å². The Kier molecular flexibility index (Phi) is 6.36. The maximum absolute atomic E-state index is 11.0. The minimum Gasteiger partial charge on any atom is -0.480 e. The van der Waals surface area contributed by atoms with Crippen molar-refractivity contribution in [2.75, 3.05) is 29.0 Å². The average Bonchev–Trinajstić information content (AvgIpc) is 2.78. The largest absolute Gasteiger partial charge is 0.480 e. The maximum atomic E-state index is 11.0. The Bertz CT molecular complexity index is 1100. The minimum absolute atomic E-state index is 0.0162. The molecule has 0 spiro atoms. The van der Waals surface area contributed by atoms with Gasteiger partial charge >= 0.3 is 5.97 Å². The summed E-state index contributed by atoms with van der Waals surface area (Å²) in [6.45, 7) is 3.50. The van der Waals surface area contributed by atoms with Gasteiger partial charge in [0.15, 0.2) is 0 Å². The number of rotatable bonds is 7. The number of nitrogens with two attached hydrogens (primary N) is 2. The topological polar surface area (TPSA) is 143 Å². The molecule has 2 atom stereocenters. The zero-order valence-electron chi connectivity index (χ0n) is 18.1. The van der Waals surface area contributed by atoms with Gasteiger partial charge in [-0.2, -0.15) is 15.0 Å². The zero-order valence-corrected chi connectivity index (χ0v) is 18.1. The van der Waals surface area contributed by atoms with Crippen molar-refractivity contribution in [1.82, 2.24) is 15.0 Å². The number of fused-ring (bicyclic) bond motifs is 1. The third-order valence-electron chi connectivity index (χ3n) is 6.06. The Balaban J connectivity index is 1.43. The maximum Gasteiger partial charge on any atom is 0.320 e. The van der Waals surface area contributed by atoms with E-state index >= 15 is 0 Å². The molecule has 1 aromatic heterocycles. The molecule has 2 aromatic carbocycles. The zero-order chi connectivity index (χ0) is 22.7. The van der Waals surface area contributed by atoms with Crippen molar-refractivity contribution in [3.05, 3.63) is 48.0 Å². The molecule has 1 fully saturated rings. The molecule has 1 aliphatic heterocycles. The predicted molar refractivity (Wildman–Crippen MR) is 125 cm³/mol. The van der Waals surface area contributed by atoms with Crippen LogP contribution >= 0.6 is 0 Å². The number of aliphatic carboxylic acids is 1. The van der Waals surface area contributed by atoms with Crippen LogP contribution < -0.4 is 21.7 Å². The number of nitrogens with one attached hydrogen (secondary N) is 1. The van der Waals surface area contributed by atoms with Gasteiger partial charge in [-0.3, -0.25) is 4.79 Å². The first kappa shape index (κ1) is 21.8. The van der Waals surface area contributed by atoms with E-state index in [1.165, 1.54) is 10.8 Å². The summed E-state index contributed by atoms with van der Waals surface area (Å²) in [6, 6.07) is 13.8. The Morgan fingerprint density at radius 1 is 1.16 bits per heavy atom. The van der Waals surface area contributed by atoms with Crippen molar-refractivity contribution in [1.29, 1.82) is 0 Å². The van der Waals surface area contributed by atoms with Gasteiger partial charge in [0, 0.05) is 13.1 Å². The predicted octanol–water partition coefficient (Wildman–Crippen LogP) is 2.80. The summed E-state index contributed by atoms with van der Waals surface area (Å²) in [7, 11) is 0. The highest BCUT2D eigenvalue weighted by Crippen LogP contribution is 2.26. The molecule has 0 aliphatic carbocycles. The lowest BCUT2D eigenvalue weighted by Crippen LogP contribution is -2.39. The third-order valence-corrected chi connectivity index (χ3v) is 6.06. The van der Waals surface area contributed by atoms with Crippen LogP contribution in [0.3, 0.4) is 0 Å². The molecule has 0 saturated carbocycles. The fourth-order valence-electron chi connectivity index (χ4n) is 4.17. The summed E-state index contributed by atoms with van der Waals surface area (Å²) in [5, 5.41) is 14.7. The second kappa shape index (κ2) is 9.35. The number of carboxylic acids is 1. The standard InChI is InChI=1S/C23H29N7O2/c1-14(17-7-6-16-4-2-3-5-18(16)13-17)26-22-27-21(25)28-23(29-22)30-10-8-15(9-11-30)12-19(24)20(31)32/h2-7,13-15,19H,8-12,24H2,1H3,(H,31,32)(H3,25,26,27,28,29). The summed E-state index contributed by atoms with van der Waals surface area (Å²) in [5.41, 5.74) is 12.8. The van der Waals surface area contributed by atoms with E-state index in [2.05, 4.69) is 62.4 Å². The molecule has 2 heterocycles. The molecule has 0 radical (unpaired) electrons. The first-order valence-corrected chi connectivity index (χ1v) is 10.9. The molecule has 4 rings (SSSR count). The molecule has 9 heteroatoms. The van der Waals surface area contributed by atoms with Gasteiger partial charge in [0.05, 0.1) is 6.04 Å². The van der Waals surface area contributed by atoms with Crippen molar-refractivity contribution in [3.63, 3.8) is 0 Å². The Morgan fingerprint density at radius 3 is 2.59 bits per heavy atom. The lowest BCUT2D eigenvalue weighted by molar-refractivity contribution is -0.139. The smallest absolute Gasteiger partial charge is 0.320 e. The number of carboxylic acid groups (broad SMARTS) is 1. The lowest BCUT2D eigenvalue weighted by Gasteiger charge is -2.32. The first-order chi connectivity index (χ1) is 15.4. The van der Waals surface area contributed by atoms with Crippen molar-refractivity contribution >= 4 is 34.6 Å². The number of nitrogens with zero attached hydrogens (tertiary/aromatic N) is 4. The van der Waals surface area contributed by atoms with E-state index in [1.54, 1.807) is 0 Å². The van der Waals surface area contributed by atoms with E-state index < -0.39 is 12.0 Å². The monoisotopic (exact) mass is 435 g/mol. The van der Waals surface area contributed by atoms with Crippen LogP contribution in [-0.2, 0) is 4.79 Å². The normalized spacial score (nSPS) is 16.6. The molecule has 6 N–H and O–H groups in total. The van der Waals surface area contributed by atoms with Crippen molar-refractivity contribution in [3.8, 4) is 0 Å². The van der Waals surface area contributed by atoms with E-state index in [0.29, 0.717) is 18.3 Å². The quantitative estimate of drug-likeness (QED) is 0.440. The van der Waals surface area contributed by atoms with Crippen molar-refractivity contribution in [2.45, 2.75) is 38.3 Å². The highest BCUT2D eigenvalue weighted by Gasteiger charge is 2.25. The van der Waals surface area contributed by atoms with Gasteiger partial charge in [-0.15, -0.1) is 0 Å². The van der Waals surface area contributed by atoms with E-state index in [9.17, 15) is 4.79 Å². The Hall–Kier alpha value is -3.46. The minimum atomic E-state index is -0.950. The van der Waals surface area contributed by atoms with Crippen LogP contribution in [0.4, 0.5) is 17.8 Å². The highest BCUT2D eigenvalue weighted by molar-refractivity contribution is 5.83. The van der Waals surface area contributed by atoms with Crippen LogP contribution in [0.25, 0.3) is 10.8 Å². The van der Waals surface area contributed by atoms with Gasteiger partial charge in [0.25, 0.3) is 0 Å². The molecule has 2 unspecified atom stereocenters. The summed E-state index contributed by atoms with van der Waals surface area (Å²) >= 11 is 0. The van der Waals surface area contributed by atoms with Crippen LogP contribution in [0.1, 0.15) is 37.8 Å². The number of hydrogen-bond acceptors (Lipinski definition) is 8. The molecular formula is C23H29N7O2. The number of piperidine rings is 1. The third kappa shape index (κ3) is 5.05. The van der Waals surface area contributed by atoms with Crippen molar-refractivity contribution in [2.24, 2.45) is 11.7 Å². The van der Waals surface area contributed by atoms with Gasteiger partial charge in [-0.25, -0.2) is 0 Å². The number of hydrogen-bond donors (Lipinski definition) is 4. The van der Waals surface area contributed by atoms with Gasteiger partial charge in [-0.1, -0.05) is 36.4 Å². The average molecular weight is 436 g/mol. The highest BCUT2D eigenvalue weighted by atomic mass is 16.4. The van der Waals surface area contributed by atoms with Crippen molar-refractivity contribution < 1.29 is 9.90 Å². The summed E-state index contributed by atoms with van der Waals surface area (Å²) in [5.74, 6) is 0.462. The lowest BCUT2D eigenvalue weighted by atomic mass is 9.90. The van der Waals surface area contributed by atoms with Crippen LogP contribution in [0.5, 0.6) is 0 Å². The van der Waals surface area contributed by atoms with E-state index in [4.69, 9.17) is 16.6 Å².